The quantitative estimate of drug-likeness (QED) is 0.720. The van der Waals surface area contributed by atoms with E-state index in [1.165, 1.54) is 0 Å². The van der Waals surface area contributed by atoms with Gasteiger partial charge in [-0.05, 0) is 29.8 Å². The number of ether oxygens (including phenoxy) is 2. The minimum absolute atomic E-state index is 0.732. The zero-order chi connectivity index (χ0) is 16.2. The minimum Gasteiger partial charge on any atom is -0.493 e. The van der Waals surface area contributed by atoms with Crippen LogP contribution >= 0.6 is 11.3 Å². The maximum atomic E-state index is 5.84. The molecule has 0 aliphatic heterocycles. The summed E-state index contributed by atoms with van der Waals surface area (Å²) in [6, 6.07) is 13.7. The fraction of sp³-hybridized carbons (Fsp3) is 0.167. The largest absolute Gasteiger partial charge is 0.493 e. The van der Waals surface area contributed by atoms with Crippen molar-refractivity contribution in [2.75, 3.05) is 20.0 Å². The van der Waals surface area contributed by atoms with E-state index in [2.05, 4.69) is 5.38 Å². The number of hydrogen-bond acceptors (Lipinski definition) is 5. The molecule has 0 aliphatic carbocycles. The summed E-state index contributed by atoms with van der Waals surface area (Å²) in [6.07, 6.45) is 0.757. The number of nitrogens with two attached hydrogens (primary N) is 1. The predicted molar refractivity (Wildman–Crippen MR) is 94.3 cm³/mol. The van der Waals surface area contributed by atoms with Gasteiger partial charge in [0, 0.05) is 23.1 Å². The maximum absolute atomic E-state index is 5.84. The van der Waals surface area contributed by atoms with Gasteiger partial charge < -0.3 is 15.2 Å². The highest BCUT2D eigenvalue weighted by molar-refractivity contribution is 7.10. The van der Waals surface area contributed by atoms with Gasteiger partial charge in [-0.2, -0.15) is 0 Å². The molecule has 3 aromatic rings. The zero-order valence-corrected chi connectivity index (χ0v) is 13.9. The molecule has 0 saturated heterocycles. The van der Waals surface area contributed by atoms with E-state index in [0.29, 0.717) is 0 Å². The SMILES string of the molecule is COc1ccc(Cc2nc(-c3cccc(N)c3)cs2)cc1OC. The van der Waals surface area contributed by atoms with Crippen molar-refractivity contribution in [2.45, 2.75) is 6.42 Å². The summed E-state index contributed by atoms with van der Waals surface area (Å²) in [4.78, 5) is 4.71. The van der Waals surface area contributed by atoms with Crippen molar-refractivity contribution in [1.29, 1.82) is 0 Å². The number of rotatable bonds is 5. The summed E-state index contributed by atoms with van der Waals surface area (Å²) in [5.74, 6) is 1.47. The molecule has 118 valence electrons. The van der Waals surface area contributed by atoms with Crippen LogP contribution in [0.3, 0.4) is 0 Å². The number of nitrogens with zero attached hydrogens (tertiary/aromatic N) is 1. The van der Waals surface area contributed by atoms with Gasteiger partial charge in [0.1, 0.15) is 0 Å². The third-order valence-corrected chi connectivity index (χ3v) is 4.39. The highest BCUT2D eigenvalue weighted by Crippen LogP contribution is 2.30. The van der Waals surface area contributed by atoms with Crippen molar-refractivity contribution in [3.8, 4) is 22.8 Å². The van der Waals surface area contributed by atoms with E-state index < -0.39 is 0 Å². The van der Waals surface area contributed by atoms with Crippen LogP contribution in [0.1, 0.15) is 10.6 Å². The van der Waals surface area contributed by atoms with Crippen LogP contribution in [0.25, 0.3) is 11.3 Å². The number of benzene rings is 2. The van der Waals surface area contributed by atoms with Crippen LogP contribution in [0.2, 0.25) is 0 Å². The van der Waals surface area contributed by atoms with Crippen LogP contribution in [-0.4, -0.2) is 19.2 Å². The molecule has 2 aromatic carbocycles. The van der Waals surface area contributed by atoms with Crippen molar-refractivity contribution < 1.29 is 9.47 Å². The Labute approximate surface area is 139 Å². The molecule has 4 nitrogen and oxygen atoms in total. The molecule has 23 heavy (non-hydrogen) atoms. The standard InChI is InChI=1S/C18H18N2O2S/c1-21-16-7-6-12(8-17(16)22-2)9-18-20-15(11-23-18)13-4-3-5-14(19)10-13/h3-8,10-11H,9,19H2,1-2H3. The number of thiazole rings is 1. The first-order chi connectivity index (χ1) is 11.2. The lowest BCUT2D eigenvalue weighted by atomic mass is 10.1. The summed E-state index contributed by atoms with van der Waals surface area (Å²) >= 11 is 1.64. The lowest BCUT2D eigenvalue weighted by Crippen LogP contribution is -1.93. The molecule has 0 saturated carbocycles. The van der Waals surface area contributed by atoms with Crippen LogP contribution < -0.4 is 15.2 Å². The molecule has 0 unspecified atom stereocenters. The van der Waals surface area contributed by atoms with E-state index in [1.807, 2.05) is 42.5 Å². The van der Waals surface area contributed by atoms with Gasteiger partial charge >= 0.3 is 0 Å². The first-order valence-corrected chi connectivity index (χ1v) is 8.09. The third-order valence-electron chi connectivity index (χ3n) is 3.54. The first-order valence-electron chi connectivity index (χ1n) is 7.21. The molecule has 1 heterocycles. The van der Waals surface area contributed by atoms with E-state index in [0.717, 1.165) is 45.4 Å². The molecule has 0 amide bonds. The molecule has 3 rings (SSSR count). The highest BCUT2D eigenvalue weighted by Gasteiger charge is 2.09. The fourth-order valence-electron chi connectivity index (χ4n) is 2.39. The zero-order valence-electron chi connectivity index (χ0n) is 13.1. The Morgan fingerprint density at radius 1 is 1.04 bits per heavy atom. The van der Waals surface area contributed by atoms with Gasteiger partial charge in [-0.15, -0.1) is 11.3 Å². The van der Waals surface area contributed by atoms with Gasteiger partial charge in [0.05, 0.1) is 24.9 Å². The molecule has 0 bridgehead atoms. The first kappa shape index (κ1) is 15.4. The average molecular weight is 326 g/mol. The molecular weight excluding hydrogens is 308 g/mol. The summed E-state index contributed by atoms with van der Waals surface area (Å²) < 4.78 is 10.6. The average Bonchev–Trinajstić information content (AvgIpc) is 3.03. The number of anilines is 1. The number of hydrogen-bond donors (Lipinski definition) is 1. The van der Waals surface area contributed by atoms with Gasteiger partial charge in [0.2, 0.25) is 0 Å². The topological polar surface area (TPSA) is 57.4 Å². The van der Waals surface area contributed by atoms with Crippen LogP contribution in [0.5, 0.6) is 11.5 Å². The van der Waals surface area contributed by atoms with Gasteiger partial charge in [-0.3, -0.25) is 0 Å². The number of nitrogen functional groups attached to an aromatic ring is 1. The maximum Gasteiger partial charge on any atom is 0.160 e. The molecule has 0 atom stereocenters. The molecule has 5 heteroatoms. The molecule has 2 N–H and O–H groups in total. The monoisotopic (exact) mass is 326 g/mol. The Kier molecular flexibility index (Phi) is 4.48. The van der Waals surface area contributed by atoms with E-state index >= 15 is 0 Å². The van der Waals surface area contributed by atoms with Crippen molar-refractivity contribution >= 4 is 17.0 Å². The lowest BCUT2D eigenvalue weighted by Gasteiger charge is -2.08. The van der Waals surface area contributed by atoms with Crippen molar-refractivity contribution in [1.82, 2.24) is 4.98 Å². The van der Waals surface area contributed by atoms with Gasteiger partial charge in [-0.1, -0.05) is 18.2 Å². The Morgan fingerprint density at radius 3 is 2.61 bits per heavy atom. The van der Waals surface area contributed by atoms with E-state index in [-0.39, 0.29) is 0 Å². The fourth-order valence-corrected chi connectivity index (χ4v) is 3.23. The summed E-state index contributed by atoms with van der Waals surface area (Å²) in [5.41, 5.74) is 9.72. The van der Waals surface area contributed by atoms with Crippen LogP contribution in [0, 0.1) is 0 Å². The second-order valence-electron chi connectivity index (χ2n) is 5.12. The van der Waals surface area contributed by atoms with Crippen LogP contribution in [0.15, 0.2) is 47.8 Å². The second kappa shape index (κ2) is 6.71. The summed E-state index contributed by atoms with van der Waals surface area (Å²) in [7, 11) is 3.28. The number of methoxy groups -OCH3 is 2. The molecule has 1 aromatic heterocycles. The van der Waals surface area contributed by atoms with Crippen molar-refractivity contribution in [2.24, 2.45) is 0 Å². The summed E-state index contributed by atoms with van der Waals surface area (Å²) in [6.45, 7) is 0. The van der Waals surface area contributed by atoms with Crippen molar-refractivity contribution in [3.05, 3.63) is 58.4 Å². The van der Waals surface area contributed by atoms with Crippen LogP contribution in [0.4, 0.5) is 5.69 Å². The molecule has 0 radical (unpaired) electrons. The molecule has 0 fully saturated rings. The Morgan fingerprint density at radius 2 is 1.87 bits per heavy atom. The Balaban J connectivity index is 1.82. The van der Waals surface area contributed by atoms with Gasteiger partial charge in [0.25, 0.3) is 0 Å². The second-order valence-corrected chi connectivity index (χ2v) is 6.06. The highest BCUT2D eigenvalue weighted by atomic mass is 32.1. The molecule has 0 spiro atoms. The van der Waals surface area contributed by atoms with E-state index in [1.54, 1.807) is 25.6 Å². The van der Waals surface area contributed by atoms with Gasteiger partial charge in [-0.25, -0.2) is 4.98 Å². The van der Waals surface area contributed by atoms with E-state index in [9.17, 15) is 0 Å². The normalized spacial score (nSPS) is 10.5. The molecule has 0 aliphatic rings. The lowest BCUT2D eigenvalue weighted by molar-refractivity contribution is 0.354. The van der Waals surface area contributed by atoms with Crippen LogP contribution in [-0.2, 0) is 6.42 Å². The predicted octanol–water partition coefficient (Wildman–Crippen LogP) is 4.00. The van der Waals surface area contributed by atoms with Crippen molar-refractivity contribution in [3.63, 3.8) is 0 Å². The van der Waals surface area contributed by atoms with Gasteiger partial charge in [0.15, 0.2) is 11.5 Å². The Hall–Kier alpha value is -2.53. The minimum atomic E-state index is 0.732. The summed E-state index contributed by atoms with van der Waals surface area (Å²) in [5, 5.41) is 3.11. The van der Waals surface area contributed by atoms with E-state index in [4.69, 9.17) is 20.2 Å². The smallest absolute Gasteiger partial charge is 0.160 e. The Bertz CT molecular complexity index is 814. The third kappa shape index (κ3) is 3.46. The molecular formula is C18H18N2O2S. The number of aromatic nitrogens is 1.